The smallest absolute Gasteiger partial charge is 0.330 e. The first-order valence-electron chi connectivity index (χ1n) is 12.7. The van der Waals surface area contributed by atoms with Crippen LogP contribution in [0.2, 0.25) is 0 Å². The van der Waals surface area contributed by atoms with E-state index >= 15 is 0 Å². The molecule has 0 aliphatic carbocycles. The number of carbonyl (C=O) groups is 4. The molecule has 194 valence electrons. The van der Waals surface area contributed by atoms with Gasteiger partial charge in [0.05, 0.1) is 5.37 Å². The molecular weight excluding hydrogens is 482 g/mol. The van der Waals surface area contributed by atoms with Crippen molar-refractivity contribution in [3.63, 3.8) is 0 Å². The van der Waals surface area contributed by atoms with Crippen molar-refractivity contribution in [2.45, 2.75) is 74.4 Å². The molecule has 4 fully saturated rings. The van der Waals surface area contributed by atoms with Crippen LogP contribution in [0, 0.1) is 5.92 Å². The van der Waals surface area contributed by atoms with Gasteiger partial charge in [0.1, 0.15) is 30.7 Å². The Hall–Kier alpha value is -2.59. The van der Waals surface area contributed by atoms with E-state index in [1.165, 1.54) is 21.6 Å². The van der Waals surface area contributed by atoms with Crippen LogP contribution in [-0.4, -0.2) is 91.4 Å². The summed E-state index contributed by atoms with van der Waals surface area (Å²) in [4.78, 5) is 57.2. The summed E-state index contributed by atoms with van der Waals surface area (Å²) in [5.41, 5.74) is 0.850. The number of esters is 1. The van der Waals surface area contributed by atoms with Crippen molar-refractivity contribution in [3.05, 3.63) is 35.9 Å². The summed E-state index contributed by atoms with van der Waals surface area (Å²) in [6, 6.07) is 7.93. The number of thioether (sulfide) groups is 1. The lowest BCUT2D eigenvalue weighted by molar-refractivity contribution is -0.176. The van der Waals surface area contributed by atoms with Crippen molar-refractivity contribution in [1.82, 2.24) is 14.7 Å². The lowest BCUT2D eigenvalue weighted by Crippen LogP contribution is -2.67. The van der Waals surface area contributed by atoms with Crippen molar-refractivity contribution in [2.75, 3.05) is 19.6 Å². The second-order valence-corrected chi connectivity index (χ2v) is 12.3. The Morgan fingerprint density at radius 1 is 1.11 bits per heavy atom. The number of likely N-dealkylation sites (tertiary alicyclic amines) is 2. The predicted octanol–water partition coefficient (Wildman–Crippen LogP) is 1.38. The third-order valence-corrected chi connectivity index (χ3v) is 9.35. The molecule has 4 aliphatic heterocycles. The summed E-state index contributed by atoms with van der Waals surface area (Å²) >= 11 is 1.40. The zero-order valence-electron chi connectivity index (χ0n) is 20.7. The number of ether oxygens (including phenoxy) is 1. The number of β-lactam (4-membered cyclic amide) rings is 1. The topological polar surface area (TPSA) is 107 Å². The Labute approximate surface area is 215 Å². The molecule has 3 amide bonds. The third-order valence-electron chi connectivity index (χ3n) is 7.76. The molecule has 9 nitrogen and oxygen atoms in total. The standard InChI is InChI=1S/C26H33N3O6S/c1-26(2)20(25(34)35-15-16-9-4-3-5-10-16)29-22(32)18(24(29)36-26)19(30)23(33)28-14-8-11-17(28)21(31)27-12-6-7-13-27/h3-5,9-10,17-20,24,30H,6-8,11-15H2,1-2H3/t17-,18+,19-,20-,24+/m0/s1. The minimum Gasteiger partial charge on any atom is -0.459 e. The molecule has 10 heteroatoms. The van der Waals surface area contributed by atoms with Gasteiger partial charge >= 0.3 is 5.97 Å². The largest absolute Gasteiger partial charge is 0.459 e. The molecule has 5 atom stereocenters. The molecule has 1 N–H and O–H groups in total. The van der Waals surface area contributed by atoms with E-state index in [-0.39, 0.29) is 12.5 Å². The third kappa shape index (κ3) is 4.28. The molecule has 0 spiro atoms. The average molecular weight is 516 g/mol. The zero-order chi connectivity index (χ0) is 25.6. The number of benzene rings is 1. The van der Waals surface area contributed by atoms with Crippen molar-refractivity contribution in [2.24, 2.45) is 5.92 Å². The van der Waals surface area contributed by atoms with Crippen LogP contribution >= 0.6 is 11.8 Å². The van der Waals surface area contributed by atoms with E-state index in [4.69, 9.17) is 4.74 Å². The van der Waals surface area contributed by atoms with E-state index in [2.05, 4.69) is 0 Å². The molecule has 0 aromatic heterocycles. The zero-order valence-corrected chi connectivity index (χ0v) is 21.5. The number of fused-ring (bicyclic) bond motifs is 1. The van der Waals surface area contributed by atoms with Crippen molar-refractivity contribution >= 4 is 35.5 Å². The Bertz CT molecular complexity index is 1040. The van der Waals surface area contributed by atoms with Gasteiger partial charge in [0, 0.05) is 24.4 Å². The Morgan fingerprint density at radius 2 is 1.81 bits per heavy atom. The van der Waals surface area contributed by atoms with Gasteiger partial charge in [-0.3, -0.25) is 14.4 Å². The molecule has 1 aromatic carbocycles. The van der Waals surface area contributed by atoms with Crippen LogP contribution < -0.4 is 0 Å². The van der Waals surface area contributed by atoms with Gasteiger partial charge in [-0.15, -0.1) is 11.8 Å². The van der Waals surface area contributed by atoms with Gasteiger partial charge in [0.15, 0.2) is 0 Å². The second-order valence-electron chi connectivity index (χ2n) is 10.5. The Balaban J connectivity index is 1.25. The van der Waals surface area contributed by atoms with E-state index in [0.29, 0.717) is 32.5 Å². The Kier molecular flexibility index (Phi) is 6.76. The van der Waals surface area contributed by atoms with Crippen molar-refractivity contribution in [1.29, 1.82) is 0 Å². The molecule has 4 saturated heterocycles. The van der Waals surface area contributed by atoms with Crippen molar-refractivity contribution in [3.8, 4) is 0 Å². The van der Waals surface area contributed by atoms with Crippen LogP contribution in [0.5, 0.6) is 0 Å². The lowest BCUT2D eigenvalue weighted by atomic mass is 9.87. The molecule has 0 unspecified atom stereocenters. The maximum atomic E-state index is 13.3. The maximum absolute atomic E-state index is 13.3. The van der Waals surface area contributed by atoms with E-state index < -0.39 is 52.0 Å². The predicted molar refractivity (Wildman–Crippen MR) is 132 cm³/mol. The molecule has 4 heterocycles. The van der Waals surface area contributed by atoms with Gasteiger partial charge in [-0.1, -0.05) is 30.3 Å². The first-order valence-corrected chi connectivity index (χ1v) is 13.6. The fourth-order valence-corrected chi connectivity index (χ4v) is 7.59. The second kappa shape index (κ2) is 9.70. The van der Waals surface area contributed by atoms with E-state index in [1.807, 2.05) is 44.2 Å². The number of aliphatic hydroxyl groups is 1. The first-order chi connectivity index (χ1) is 17.2. The normalized spacial score (nSPS) is 29.6. The Morgan fingerprint density at radius 3 is 2.50 bits per heavy atom. The molecular formula is C26H33N3O6S. The highest BCUT2D eigenvalue weighted by molar-refractivity contribution is 8.01. The van der Waals surface area contributed by atoms with Gasteiger partial charge in [0.25, 0.3) is 5.91 Å². The maximum Gasteiger partial charge on any atom is 0.330 e. The number of carbonyl (C=O) groups excluding carboxylic acids is 4. The molecule has 5 rings (SSSR count). The quantitative estimate of drug-likeness (QED) is 0.451. The molecule has 0 saturated carbocycles. The summed E-state index contributed by atoms with van der Waals surface area (Å²) in [7, 11) is 0. The fraction of sp³-hybridized carbons (Fsp3) is 0.615. The van der Waals surface area contributed by atoms with Gasteiger partial charge in [-0.2, -0.15) is 0 Å². The van der Waals surface area contributed by atoms with E-state index in [9.17, 15) is 24.3 Å². The number of nitrogens with zero attached hydrogens (tertiary/aromatic N) is 3. The summed E-state index contributed by atoms with van der Waals surface area (Å²) in [5, 5.41) is 10.5. The monoisotopic (exact) mass is 515 g/mol. The fourth-order valence-electron chi connectivity index (χ4n) is 5.88. The highest BCUT2D eigenvalue weighted by Gasteiger charge is 2.66. The van der Waals surface area contributed by atoms with E-state index in [1.54, 1.807) is 4.90 Å². The minimum atomic E-state index is -1.55. The number of aliphatic hydroxyl groups excluding tert-OH is 1. The van der Waals surface area contributed by atoms with Crippen LogP contribution in [0.3, 0.4) is 0 Å². The molecule has 0 radical (unpaired) electrons. The van der Waals surface area contributed by atoms with Crippen LogP contribution in [0.1, 0.15) is 45.1 Å². The highest BCUT2D eigenvalue weighted by Crippen LogP contribution is 2.54. The van der Waals surface area contributed by atoms with Gasteiger partial charge in [-0.05, 0) is 45.1 Å². The van der Waals surface area contributed by atoms with Crippen LogP contribution in [-0.2, 0) is 30.5 Å². The summed E-state index contributed by atoms with van der Waals surface area (Å²) in [6.45, 7) is 5.64. The minimum absolute atomic E-state index is 0.0651. The molecule has 1 aromatic rings. The van der Waals surface area contributed by atoms with Gasteiger partial charge in [0.2, 0.25) is 11.8 Å². The van der Waals surface area contributed by atoms with E-state index in [0.717, 1.165) is 18.4 Å². The molecule has 4 aliphatic rings. The first kappa shape index (κ1) is 25.1. The summed E-state index contributed by atoms with van der Waals surface area (Å²) in [5.74, 6) is -2.51. The summed E-state index contributed by atoms with van der Waals surface area (Å²) < 4.78 is 4.89. The number of hydrogen-bond acceptors (Lipinski definition) is 7. The number of amides is 3. The van der Waals surface area contributed by atoms with Crippen molar-refractivity contribution < 1.29 is 29.0 Å². The van der Waals surface area contributed by atoms with Gasteiger partial charge in [-0.25, -0.2) is 4.79 Å². The van der Waals surface area contributed by atoms with Crippen LogP contribution in [0.4, 0.5) is 0 Å². The number of hydrogen-bond donors (Lipinski definition) is 1. The molecule has 36 heavy (non-hydrogen) atoms. The SMILES string of the molecule is CC1(C)S[C@@H]2[C@H]([C@H](O)C(=O)N3CCC[C@H]3C(=O)N3CCCC3)C(=O)N2[C@H]1C(=O)OCc1ccccc1. The van der Waals surface area contributed by atoms with Crippen LogP contribution in [0.15, 0.2) is 30.3 Å². The number of rotatable bonds is 6. The highest BCUT2D eigenvalue weighted by atomic mass is 32.2. The summed E-state index contributed by atoms with van der Waals surface area (Å²) in [6.07, 6.45) is 1.64. The molecule has 0 bridgehead atoms. The van der Waals surface area contributed by atoms with Gasteiger partial charge < -0.3 is 24.5 Å². The lowest BCUT2D eigenvalue weighted by Gasteiger charge is -2.46. The average Bonchev–Trinajstić information content (AvgIpc) is 3.61. The van der Waals surface area contributed by atoms with Crippen LogP contribution in [0.25, 0.3) is 0 Å².